The molecule has 1 amide bonds. The van der Waals surface area contributed by atoms with Crippen LogP contribution in [0.5, 0.6) is 0 Å². The Labute approximate surface area is 123 Å². The molecule has 110 valence electrons. The third kappa shape index (κ3) is 3.26. The molecule has 0 aliphatic rings. The minimum Gasteiger partial charge on any atom is -0.383 e. The van der Waals surface area contributed by atoms with Gasteiger partial charge in [0.2, 0.25) is 0 Å². The first-order chi connectivity index (χ1) is 10.0. The van der Waals surface area contributed by atoms with Crippen molar-refractivity contribution in [1.29, 1.82) is 0 Å². The number of H-pyrrole nitrogens is 1. The van der Waals surface area contributed by atoms with Crippen molar-refractivity contribution in [2.45, 2.75) is 6.54 Å². The van der Waals surface area contributed by atoms with Crippen LogP contribution in [0.1, 0.15) is 16.1 Å². The van der Waals surface area contributed by atoms with Crippen molar-refractivity contribution in [1.82, 2.24) is 10.3 Å². The molecular weight excluding hydrogens is 296 g/mol. The fourth-order valence-corrected chi connectivity index (χ4v) is 2.38. The summed E-state index contributed by atoms with van der Waals surface area (Å²) in [6.07, 6.45) is 0. The second kappa shape index (κ2) is 6.18. The number of hydrogen-bond acceptors (Lipinski definition) is 6. The van der Waals surface area contributed by atoms with Crippen LogP contribution in [0.3, 0.4) is 0 Å². The Morgan fingerprint density at radius 3 is 2.81 bits per heavy atom. The summed E-state index contributed by atoms with van der Waals surface area (Å²) in [4.78, 5) is 35.9. The average molecular weight is 308 g/mol. The van der Waals surface area contributed by atoms with Crippen molar-refractivity contribution in [3.63, 3.8) is 0 Å². The van der Waals surface area contributed by atoms with E-state index in [4.69, 9.17) is 0 Å². The molecule has 1 heterocycles. The summed E-state index contributed by atoms with van der Waals surface area (Å²) in [6.45, 7) is 0.0957. The Balaban J connectivity index is 2.22. The van der Waals surface area contributed by atoms with E-state index in [9.17, 15) is 19.7 Å². The smallest absolute Gasteiger partial charge is 0.305 e. The fourth-order valence-electron chi connectivity index (χ4n) is 1.80. The number of benzene rings is 1. The Morgan fingerprint density at radius 1 is 1.48 bits per heavy atom. The highest BCUT2D eigenvalue weighted by molar-refractivity contribution is 7.07. The first kappa shape index (κ1) is 14.7. The maximum atomic E-state index is 12.1. The first-order valence-corrected chi connectivity index (χ1v) is 6.81. The molecule has 0 aliphatic heterocycles. The molecule has 0 spiro atoms. The number of anilines is 1. The standard InChI is InChI=1S/C12H12N4O4S/c1-13-9-4-2-3-8(10(9)16(19)20)11(17)14-5-7-6-21-12(18)15-7/h2-4,6,13H,5H2,1H3,(H,14,17)(H,15,18). The molecule has 9 heteroatoms. The number of aromatic nitrogens is 1. The van der Waals surface area contributed by atoms with E-state index >= 15 is 0 Å². The average Bonchev–Trinajstić information content (AvgIpc) is 2.89. The molecule has 0 fully saturated rings. The summed E-state index contributed by atoms with van der Waals surface area (Å²) in [5, 5.41) is 17.9. The van der Waals surface area contributed by atoms with E-state index in [1.54, 1.807) is 18.5 Å². The van der Waals surface area contributed by atoms with Gasteiger partial charge in [-0.15, -0.1) is 0 Å². The highest BCUT2D eigenvalue weighted by atomic mass is 32.1. The Bertz CT molecular complexity index is 737. The van der Waals surface area contributed by atoms with Crippen molar-refractivity contribution in [2.24, 2.45) is 0 Å². The predicted octanol–water partition coefficient (Wildman–Crippen LogP) is 1.32. The minimum atomic E-state index is -0.604. The zero-order valence-corrected chi connectivity index (χ0v) is 11.8. The van der Waals surface area contributed by atoms with Crippen molar-refractivity contribution < 1.29 is 9.72 Å². The molecule has 3 N–H and O–H groups in total. The van der Waals surface area contributed by atoms with Gasteiger partial charge in [0, 0.05) is 18.1 Å². The number of thiazole rings is 1. The molecule has 0 unspecified atom stereocenters. The maximum Gasteiger partial charge on any atom is 0.305 e. The van der Waals surface area contributed by atoms with Gasteiger partial charge in [0.1, 0.15) is 11.3 Å². The topological polar surface area (TPSA) is 117 Å². The zero-order chi connectivity index (χ0) is 15.4. The summed E-state index contributed by atoms with van der Waals surface area (Å²) in [5.41, 5.74) is 0.489. The van der Waals surface area contributed by atoms with E-state index in [1.165, 1.54) is 12.1 Å². The highest BCUT2D eigenvalue weighted by Crippen LogP contribution is 2.28. The summed E-state index contributed by atoms with van der Waals surface area (Å²) >= 11 is 0.985. The van der Waals surface area contributed by atoms with Crippen LogP contribution >= 0.6 is 11.3 Å². The van der Waals surface area contributed by atoms with Crippen LogP contribution in [0.4, 0.5) is 11.4 Å². The predicted molar refractivity (Wildman–Crippen MR) is 78.8 cm³/mol. The molecule has 0 radical (unpaired) electrons. The lowest BCUT2D eigenvalue weighted by molar-refractivity contribution is -0.384. The summed E-state index contributed by atoms with van der Waals surface area (Å²) < 4.78 is 0. The number of rotatable bonds is 5. The van der Waals surface area contributed by atoms with Gasteiger partial charge >= 0.3 is 10.6 Å². The first-order valence-electron chi connectivity index (χ1n) is 5.93. The van der Waals surface area contributed by atoms with Gasteiger partial charge in [0.25, 0.3) is 5.91 Å². The minimum absolute atomic E-state index is 0.0376. The number of nitro groups is 1. The molecule has 8 nitrogen and oxygen atoms in total. The SMILES string of the molecule is CNc1cccc(C(=O)NCc2csc(=O)[nH]2)c1[N+](=O)[O-]. The molecular formula is C12H12N4O4S. The number of amides is 1. The van der Waals surface area contributed by atoms with Crippen LogP contribution in [0, 0.1) is 10.1 Å². The Kier molecular flexibility index (Phi) is 4.33. The quantitative estimate of drug-likeness (QED) is 0.569. The largest absolute Gasteiger partial charge is 0.383 e. The van der Waals surface area contributed by atoms with Gasteiger partial charge in [-0.2, -0.15) is 0 Å². The Morgan fingerprint density at radius 2 is 2.24 bits per heavy atom. The number of para-hydroxylation sites is 1. The molecule has 21 heavy (non-hydrogen) atoms. The highest BCUT2D eigenvalue weighted by Gasteiger charge is 2.23. The van der Waals surface area contributed by atoms with E-state index in [0.29, 0.717) is 5.69 Å². The number of hydrogen-bond donors (Lipinski definition) is 3. The van der Waals surface area contributed by atoms with E-state index in [2.05, 4.69) is 15.6 Å². The van der Waals surface area contributed by atoms with E-state index < -0.39 is 10.8 Å². The van der Waals surface area contributed by atoms with Gasteiger partial charge < -0.3 is 15.6 Å². The molecule has 0 saturated heterocycles. The molecule has 0 aliphatic carbocycles. The zero-order valence-electron chi connectivity index (χ0n) is 11.0. The van der Waals surface area contributed by atoms with Crippen molar-refractivity contribution >= 4 is 28.6 Å². The Hall–Kier alpha value is -2.68. The second-order valence-corrected chi connectivity index (χ2v) is 4.91. The van der Waals surface area contributed by atoms with Gasteiger partial charge in [-0.05, 0) is 12.1 Å². The maximum absolute atomic E-state index is 12.1. The summed E-state index contributed by atoms with van der Waals surface area (Å²) in [6, 6.07) is 4.45. The molecule has 0 atom stereocenters. The van der Waals surface area contributed by atoms with E-state index in [0.717, 1.165) is 11.3 Å². The van der Waals surface area contributed by atoms with Gasteiger partial charge in [0.15, 0.2) is 0 Å². The number of nitro benzene ring substituents is 1. The lowest BCUT2D eigenvalue weighted by atomic mass is 10.1. The molecule has 2 aromatic rings. The van der Waals surface area contributed by atoms with Crippen LogP contribution in [-0.2, 0) is 6.54 Å². The molecule has 1 aromatic carbocycles. The normalized spacial score (nSPS) is 10.1. The molecule has 0 saturated carbocycles. The van der Waals surface area contributed by atoms with Crippen LogP contribution in [0.15, 0.2) is 28.4 Å². The third-order valence-corrected chi connectivity index (χ3v) is 3.46. The fraction of sp³-hybridized carbons (Fsp3) is 0.167. The van der Waals surface area contributed by atoms with Crippen LogP contribution in [0.2, 0.25) is 0 Å². The number of carbonyl (C=O) groups is 1. The van der Waals surface area contributed by atoms with E-state index in [-0.39, 0.29) is 28.4 Å². The van der Waals surface area contributed by atoms with Crippen molar-refractivity contribution in [2.75, 3.05) is 12.4 Å². The lowest BCUT2D eigenvalue weighted by Crippen LogP contribution is -2.24. The monoisotopic (exact) mass is 308 g/mol. The second-order valence-electron chi connectivity index (χ2n) is 4.06. The van der Waals surface area contributed by atoms with Gasteiger partial charge in [-0.3, -0.25) is 19.7 Å². The van der Waals surface area contributed by atoms with E-state index in [1.807, 2.05) is 0 Å². The third-order valence-electron chi connectivity index (χ3n) is 2.74. The molecule has 1 aromatic heterocycles. The number of nitrogens with one attached hydrogen (secondary N) is 3. The van der Waals surface area contributed by atoms with Crippen molar-refractivity contribution in [3.8, 4) is 0 Å². The van der Waals surface area contributed by atoms with Gasteiger partial charge in [0.05, 0.1) is 11.5 Å². The molecule has 2 rings (SSSR count). The number of nitrogens with zero attached hydrogens (tertiary/aromatic N) is 1. The molecule has 0 bridgehead atoms. The number of carbonyl (C=O) groups excluding carboxylic acids is 1. The van der Waals surface area contributed by atoms with Gasteiger partial charge in [-0.25, -0.2) is 0 Å². The summed E-state index contributed by atoms with van der Waals surface area (Å²) in [7, 11) is 1.54. The number of aromatic amines is 1. The van der Waals surface area contributed by atoms with Crippen LogP contribution in [0.25, 0.3) is 0 Å². The van der Waals surface area contributed by atoms with Crippen molar-refractivity contribution in [3.05, 3.63) is 54.6 Å². The lowest BCUT2D eigenvalue weighted by Gasteiger charge is -2.07. The van der Waals surface area contributed by atoms with Gasteiger partial charge in [-0.1, -0.05) is 17.4 Å². The van der Waals surface area contributed by atoms with Crippen LogP contribution < -0.4 is 15.5 Å². The van der Waals surface area contributed by atoms with Crippen LogP contribution in [-0.4, -0.2) is 22.9 Å². The summed E-state index contributed by atoms with van der Waals surface area (Å²) in [5.74, 6) is -0.578.